The molecule has 0 amide bonds. The topological polar surface area (TPSA) is 61.8 Å². The zero-order valence-electron chi connectivity index (χ0n) is 7.64. The van der Waals surface area contributed by atoms with Gasteiger partial charge in [0, 0.05) is 9.37 Å². The van der Waals surface area contributed by atoms with Crippen LogP contribution in [0.3, 0.4) is 0 Å². The van der Waals surface area contributed by atoms with Crippen molar-refractivity contribution in [1.82, 2.24) is 15.2 Å². The number of hydrogen-bond acceptors (Lipinski definition) is 4. The first kappa shape index (κ1) is 10.7. The lowest BCUT2D eigenvalue weighted by molar-refractivity contribution is 0.281. The van der Waals surface area contributed by atoms with Crippen molar-refractivity contribution in [3.63, 3.8) is 0 Å². The van der Waals surface area contributed by atoms with E-state index >= 15 is 0 Å². The fourth-order valence-electron chi connectivity index (χ4n) is 1.07. The maximum Gasteiger partial charge on any atom is 0.188 e. The molecule has 0 aliphatic heterocycles. The molecule has 2 rings (SSSR count). The number of halogens is 1. The minimum atomic E-state index is 0.0475. The number of aromatic amines is 1. The van der Waals surface area contributed by atoms with E-state index in [9.17, 15) is 0 Å². The molecule has 78 valence electrons. The summed E-state index contributed by atoms with van der Waals surface area (Å²) in [6.07, 6.45) is 1.47. The molecule has 0 radical (unpaired) electrons. The lowest BCUT2D eigenvalue weighted by atomic mass is 10.2. The van der Waals surface area contributed by atoms with Crippen LogP contribution in [0.5, 0.6) is 0 Å². The van der Waals surface area contributed by atoms with Crippen molar-refractivity contribution >= 4 is 27.7 Å². The Morgan fingerprint density at radius 1 is 1.47 bits per heavy atom. The minimum Gasteiger partial charge on any atom is -0.392 e. The molecule has 2 N–H and O–H groups in total. The van der Waals surface area contributed by atoms with Gasteiger partial charge in [0.05, 0.1) is 6.61 Å². The summed E-state index contributed by atoms with van der Waals surface area (Å²) in [4.78, 5) is 5.05. The Labute approximate surface area is 99.3 Å². The summed E-state index contributed by atoms with van der Waals surface area (Å²) in [5.41, 5.74) is 0.879. The van der Waals surface area contributed by atoms with E-state index in [0.717, 1.165) is 20.1 Å². The quantitative estimate of drug-likeness (QED) is 0.908. The summed E-state index contributed by atoms with van der Waals surface area (Å²) in [5.74, 6) is 0. The zero-order valence-corrected chi connectivity index (χ0v) is 10.0. The molecular formula is C9H8BrN3OS. The number of rotatable bonds is 3. The van der Waals surface area contributed by atoms with E-state index in [1.165, 1.54) is 18.1 Å². The molecule has 0 atom stereocenters. The monoisotopic (exact) mass is 285 g/mol. The molecule has 15 heavy (non-hydrogen) atoms. The van der Waals surface area contributed by atoms with Crippen LogP contribution in [-0.2, 0) is 6.61 Å². The van der Waals surface area contributed by atoms with Gasteiger partial charge in [-0.25, -0.2) is 4.98 Å². The lowest BCUT2D eigenvalue weighted by Gasteiger charge is -2.03. The number of aliphatic hydroxyl groups is 1. The standard InChI is InChI=1S/C9H8BrN3OS/c10-7-3-6(4-14)1-2-8(7)15-9-11-5-12-13-9/h1-3,5,14H,4H2,(H,11,12,13). The van der Waals surface area contributed by atoms with Crippen molar-refractivity contribution in [2.24, 2.45) is 0 Å². The van der Waals surface area contributed by atoms with E-state index in [-0.39, 0.29) is 6.61 Å². The fourth-order valence-corrected chi connectivity index (χ4v) is 2.44. The summed E-state index contributed by atoms with van der Waals surface area (Å²) in [6.45, 7) is 0.0475. The van der Waals surface area contributed by atoms with Crippen molar-refractivity contribution in [2.45, 2.75) is 16.7 Å². The molecule has 1 aromatic heterocycles. The predicted octanol–water partition coefficient (Wildman–Crippen LogP) is 2.21. The molecule has 0 aliphatic carbocycles. The fraction of sp³-hybridized carbons (Fsp3) is 0.111. The minimum absolute atomic E-state index is 0.0475. The Balaban J connectivity index is 2.22. The molecule has 1 aromatic carbocycles. The molecule has 0 unspecified atom stereocenters. The molecule has 0 aliphatic rings. The van der Waals surface area contributed by atoms with E-state index in [4.69, 9.17) is 5.11 Å². The van der Waals surface area contributed by atoms with Crippen molar-refractivity contribution in [3.05, 3.63) is 34.6 Å². The smallest absolute Gasteiger partial charge is 0.188 e. The molecule has 0 saturated heterocycles. The highest BCUT2D eigenvalue weighted by atomic mass is 79.9. The normalized spacial score (nSPS) is 10.5. The molecule has 0 spiro atoms. The van der Waals surface area contributed by atoms with Gasteiger partial charge in [-0.2, -0.15) is 5.10 Å². The highest BCUT2D eigenvalue weighted by Crippen LogP contribution is 2.31. The van der Waals surface area contributed by atoms with Gasteiger partial charge in [0.25, 0.3) is 0 Å². The first-order valence-corrected chi connectivity index (χ1v) is 5.83. The van der Waals surface area contributed by atoms with Gasteiger partial charge in [-0.15, -0.1) is 0 Å². The van der Waals surface area contributed by atoms with Gasteiger partial charge in [0.15, 0.2) is 5.16 Å². The number of nitrogens with zero attached hydrogens (tertiary/aromatic N) is 2. The van der Waals surface area contributed by atoms with Gasteiger partial charge in [0.1, 0.15) is 6.33 Å². The number of H-pyrrole nitrogens is 1. The molecular weight excluding hydrogens is 278 g/mol. The van der Waals surface area contributed by atoms with E-state index in [1.807, 2.05) is 18.2 Å². The van der Waals surface area contributed by atoms with Gasteiger partial charge in [0.2, 0.25) is 0 Å². The van der Waals surface area contributed by atoms with Crippen LogP contribution < -0.4 is 0 Å². The van der Waals surface area contributed by atoms with Crippen LogP contribution in [0.4, 0.5) is 0 Å². The Kier molecular flexibility index (Phi) is 3.40. The molecule has 2 aromatic rings. The van der Waals surface area contributed by atoms with Crippen LogP contribution in [-0.4, -0.2) is 20.3 Å². The molecule has 0 fully saturated rings. The van der Waals surface area contributed by atoms with Crippen LogP contribution >= 0.6 is 27.7 Å². The highest BCUT2D eigenvalue weighted by Gasteiger charge is 2.05. The van der Waals surface area contributed by atoms with Crippen molar-refractivity contribution < 1.29 is 5.11 Å². The second kappa shape index (κ2) is 4.78. The first-order valence-electron chi connectivity index (χ1n) is 4.22. The molecule has 4 nitrogen and oxygen atoms in total. The van der Waals surface area contributed by atoms with Crippen LogP contribution in [0.1, 0.15) is 5.56 Å². The molecule has 6 heteroatoms. The number of hydrogen-bond donors (Lipinski definition) is 2. The summed E-state index contributed by atoms with van der Waals surface area (Å²) < 4.78 is 0.940. The second-order valence-corrected chi connectivity index (χ2v) is 4.70. The Morgan fingerprint density at radius 3 is 2.93 bits per heavy atom. The van der Waals surface area contributed by atoms with E-state index in [2.05, 4.69) is 31.1 Å². The van der Waals surface area contributed by atoms with E-state index in [1.54, 1.807) is 0 Å². The number of aromatic nitrogens is 3. The Hall–Kier alpha value is -0.850. The second-order valence-electron chi connectivity index (χ2n) is 2.82. The Bertz CT molecular complexity index is 447. The van der Waals surface area contributed by atoms with Gasteiger partial charge < -0.3 is 5.11 Å². The third-order valence-electron chi connectivity index (χ3n) is 1.78. The predicted molar refractivity (Wildman–Crippen MR) is 60.6 cm³/mol. The van der Waals surface area contributed by atoms with Crippen LogP contribution in [0.15, 0.2) is 39.1 Å². The summed E-state index contributed by atoms with van der Waals surface area (Å²) in [6, 6.07) is 5.70. The highest BCUT2D eigenvalue weighted by molar-refractivity contribution is 9.10. The maximum absolute atomic E-state index is 8.95. The third kappa shape index (κ3) is 2.58. The summed E-state index contributed by atoms with van der Waals surface area (Å²) in [5, 5.41) is 16.2. The lowest BCUT2D eigenvalue weighted by Crippen LogP contribution is -1.84. The van der Waals surface area contributed by atoms with Crippen LogP contribution in [0.25, 0.3) is 0 Å². The average Bonchev–Trinajstić information content (AvgIpc) is 2.74. The molecule has 1 heterocycles. The number of benzene rings is 1. The number of nitrogens with one attached hydrogen (secondary N) is 1. The van der Waals surface area contributed by atoms with E-state index in [0.29, 0.717) is 0 Å². The summed E-state index contributed by atoms with van der Waals surface area (Å²) in [7, 11) is 0. The van der Waals surface area contributed by atoms with Gasteiger partial charge >= 0.3 is 0 Å². The zero-order chi connectivity index (χ0) is 10.7. The van der Waals surface area contributed by atoms with Crippen LogP contribution in [0.2, 0.25) is 0 Å². The largest absolute Gasteiger partial charge is 0.392 e. The molecule has 0 bridgehead atoms. The van der Waals surface area contributed by atoms with Gasteiger partial charge in [-0.1, -0.05) is 6.07 Å². The Morgan fingerprint density at radius 2 is 2.33 bits per heavy atom. The van der Waals surface area contributed by atoms with Gasteiger partial charge in [-0.3, -0.25) is 5.10 Å². The van der Waals surface area contributed by atoms with Crippen molar-refractivity contribution in [2.75, 3.05) is 0 Å². The van der Waals surface area contributed by atoms with Crippen LogP contribution in [0, 0.1) is 0 Å². The van der Waals surface area contributed by atoms with Crippen molar-refractivity contribution in [1.29, 1.82) is 0 Å². The third-order valence-corrected chi connectivity index (χ3v) is 3.66. The average molecular weight is 286 g/mol. The van der Waals surface area contributed by atoms with E-state index < -0.39 is 0 Å². The number of aliphatic hydroxyl groups excluding tert-OH is 1. The first-order chi connectivity index (χ1) is 7.29. The van der Waals surface area contributed by atoms with Crippen molar-refractivity contribution in [3.8, 4) is 0 Å². The maximum atomic E-state index is 8.95. The van der Waals surface area contributed by atoms with Gasteiger partial charge in [-0.05, 0) is 45.4 Å². The SMILES string of the molecule is OCc1ccc(Sc2ncn[nH]2)c(Br)c1. The molecule has 0 saturated carbocycles. The summed E-state index contributed by atoms with van der Waals surface area (Å²) >= 11 is 4.92.